The Kier molecular flexibility index (Phi) is 3.06. The molecule has 0 unspecified atom stereocenters. The summed E-state index contributed by atoms with van der Waals surface area (Å²) in [4.78, 5) is 20.8. The lowest BCUT2D eigenvalue weighted by molar-refractivity contribution is -0.132. The molecule has 0 aliphatic rings. The maximum absolute atomic E-state index is 10.4. The number of carbonyl (C=O) groups is 2. The molecule has 0 spiro atoms. The molecular formula is C8H6N2O3. The molecule has 1 atom stereocenters. The summed E-state index contributed by atoms with van der Waals surface area (Å²) in [5.41, 5.74) is -4.88. The van der Waals surface area contributed by atoms with Gasteiger partial charge in [-0.15, -0.1) is 0 Å². The molecule has 0 aromatic rings. The highest BCUT2D eigenvalue weighted by molar-refractivity contribution is 5.83. The molecule has 0 aromatic heterocycles. The van der Waals surface area contributed by atoms with Gasteiger partial charge in [0.2, 0.25) is 5.41 Å². The van der Waals surface area contributed by atoms with Crippen LogP contribution in [0.4, 0.5) is 0 Å². The highest BCUT2D eigenvalue weighted by Gasteiger charge is 2.50. The molecule has 0 aliphatic heterocycles. The molecule has 13 heavy (non-hydrogen) atoms. The Balaban J connectivity index is 5.57. The number of aliphatic hydroxyl groups is 1. The average Bonchev–Trinajstić information content (AvgIpc) is 2.20. The summed E-state index contributed by atoms with van der Waals surface area (Å²) in [5.74, 6) is 0. The zero-order chi connectivity index (χ0) is 10.5. The molecular weight excluding hydrogens is 172 g/mol. The average molecular weight is 178 g/mol. The SMILES string of the molecule is C=C[C@@](O)(C=O)C(C#N)(C#N)C=O. The molecule has 0 fully saturated rings. The molecule has 0 aliphatic carbocycles. The van der Waals surface area contributed by atoms with Crippen LogP contribution >= 0.6 is 0 Å². The zero-order valence-corrected chi connectivity index (χ0v) is 6.60. The van der Waals surface area contributed by atoms with E-state index >= 15 is 0 Å². The van der Waals surface area contributed by atoms with Crippen molar-refractivity contribution in [1.82, 2.24) is 0 Å². The van der Waals surface area contributed by atoms with E-state index in [9.17, 15) is 14.7 Å². The van der Waals surface area contributed by atoms with Gasteiger partial charge in [0.25, 0.3) is 0 Å². The Morgan fingerprint density at radius 3 is 1.77 bits per heavy atom. The summed E-state index contributed by atoms with van der Waals surface area (Å²) in [6, 6.07) is 2.55. The van der Waals surface area contributed by atoms with E-state index in [2.05, 4.69) is 6.58 Å². The van der Waals surface area contributed by atoms with Crippen LogP contribution < -0.4 is 0 Å². The normalized spacial score (nSPS) is 14.4. The molecule has 5 heteroatoms. The Bertz CT molecular complexity index is 299. The maximum atomic E-state index is 10.4. The first-order valence-corrected chi connectivity index (χ1v) is 3.17. The third-order valence-electron chi connectivity index (χ3n) is 1.65. The van der Waals surface area contributed by atoms with Crippen molar-refractivity contribution in [2.75, 3.05) is 0 Å². The molecule has 5 nitrogen and oxygen atoms in total. The van der Waals surface area contributed by atoms with Gasteiger partial charge < -0.3 is 9.90 Å². The van der Waals surface area contributed by atoms with Crippen molar-refractivity contribution in [3.63, 3.8) is 0 Å². The lowest BCUT2D eigenvalue weighted by atomic mass is 9.76. The fourth-order valence-corrected chi connectivity index (χ4v) is 0.653. The van der Waals surface area contributed by atoms with Gasteiger partial charge in [0, 0.05) is 0 Å². The number of rotatable bonds is 4. The van der Waals surface area contributed by atoms with E-state index in [-0.39, 0.29) is 12.6 Å². The van der Waals surface area contributed by atoms with Gasteiger partial charge in [0.05, 0.1) is 12.1 Å². The van der Waals surface area contributed by atoms with Crippen molar-refractivity contribution >= 4 is 12.6 Å². The molecule has 1 N–H and O–H groups in total. The zero-order valence-electron chi connectivity index (χ0n) is 6.60. The fraction of sp³-hybridized carbons (Fsp3) is 0.250. The van der Waals surface area contributed by atoms with E-state index in [1.807, 2.05) is 0 Å². The summed E-state index contributed by atoms with van der Waals surface area (Å²) in [6.45, 7) is 3.07. The molecule has 0 bridgehead atoms. The summed E-state index contributed by atoms with van der Waals surface area (Å²) in [6.07, 6.45) is 0.532. The summed E-state index contributed by atoms with van der Waals surface area (Å²) in [5, 5.41) is 26.4. The minimum Gasteiger partial charge on any atom is -0.375 e. The standard InChI is InChI=1S/C8H6N2O3/c1-2-8(13,6-12)7(3-9,4-10)5-11/h2,5-6,13H,1H2/t8-/m1/s1. The summed E-state index contributed by atoms with van der Waals surface area (Å²) in [7, 11) is 0. The Morgan fingerprint density at radius 2 is 1.69 bits per heavy atom. The first kappa shape index (κ1) is 11.0. The summed E-state index contributed by atoms with van der Waals surface area (Å²) >= 11 is 0. The van der Waals surface area contributed by atoms with Crippen LogP contribution in [0.2, 0.25) is 0 Å². The highest BCUT2D eigenvalue weighted by Crippen LogP contribution is 2.27. The first-order chi connectivity index (χ1) is 6.05. The van der Waals surface area contributed by atoms with Crippen LogP contribution in [0, 0.1) is 28.1 Å². The van der Waals surface area contributed by atoms with Crippen LogP contribution in [0.15, 0.2) is 12.7 Å². The van der Waals surface area contributed by atoms with E-state index in [0.29, 0.717) is 6.08 Å². The van der Waals surface area contributed by atoms with Gasteiger partial charge in [0.1, 0.15) is 0 Å². The van der Waals surface area contributed by atoms with Crippen molar-refractivity contribution in [1.29, 1.82) is 10.5 Å². The Morgan fingerprint density at radius 1 is 1.23 bits per heavy atom. The number of hydrogen-bond acceptors (Lipinski definition) is 5. The number of nitrogens with zero attached hydrogens (tertiary/aromatic N) is 2. The number of nitriles is 2. The predicted molar refractivity (Wildman–Crippen MR) is 40.9 cm³/mol. The molecule has 0 amide bonds. The first-order valence-electron chi connectivity index (χ1n) is 3.17. The number of aldehydes is 2. The van der Waals surface area contributed by atoms with Crippen LogP contribution in [-0.2, 0) is 9.59 Å². The van der Waals surface area contributed by atoms with Crippen molar-refractivity contribution in [2.45, 2.75) is 5.60 Å². The van der Waals surface area contributed by atoms with Gasteiger partial charge in [-0.1, -0.05) is 6.58 Å². The highest BCUT2D eigenvalue weighted by atomic mass is 16.3. The van der Waals surface area contributed by atoms with Crippen molar-refractivity contribution < 1.29 is 14.7 Å². The van der Waals surface area contributed by atoms with E-state index in [1.54, 1.807) is 0 Å². The molecule has 0 radical (unpaired) electrons. The van der Waals surface area contributed by atoms with Crippen LogP contribution in [-0.4, -0.2) is 23.3 Å². The second kappa shape index (κ2) is 3.61. The van der Waals surface area contributed by atoms with Crippen LogP contribution in [0.3, 0.4) is 0 Å². The Hall–Kier alpha value is -1.98. The second-order valence-corrected chi connectivity index (χ2v) is 2.30. The van der Waals surface area contributed by atoms with E-state index in [0.717, 1.165) is 0 Å². The van der Waals surface area contributed by atoms with Gasteiger partial charge in [0.15, 0.2) is 18.2 Å². The fourth-order valence-electron chi connectivity index (χ4n) is 0.653. The van der Waals surface area contributed by atoms with Gasteiger partial charge >= 0.3 is 0 Å². The van der Waals surface area contributed by atoms with Crippen molar-refractivity contribution in [3.05, 3.63) is 12.7 Å². The van der Waals surface area contributed by atoms with Gasteiger partial charge in [-0.25, -0.2) is 0 Å². The summed E-state index contributed by atoms with van der Waals surface area (Å²) < 4.78 is 0. The van der Waals surface area contributed by atoms with Crippen LogP contribution in [0.5, 0.6) is 0 Å². The third-order valence-corrected chi connectivity index (χ3v) is 1.65. The van der Waals surface area contributed by atoms with E-state index < -0.39 is 11.0 Å². The smallest absolute Gasteiger partial charge is 0.236 e. The molecule has 0 heterocycles. The maximum Gasteiger partial charge on any atom is 0.236 e. The second-order valence-electron chi connectivity index (χ2n) is 2.30. The van der Waals surface area contributed by atoms with Gasteiger partial charge in [-0.3, -0.25) is 4.79 Å². The minimum atomic E-state index is -2.46. The van der Waals surface area contributed by atoms with Crippen LogP contribution in [0.1, 0.15) is 0 Å². The van der Waals surface area contributed by atoms with Crippen molar-refractivity contribution in [2.24, 2.45) is 5.41 Å². The number of hydrogen-bond donors (Lipinski definition) is 1. The minimum absolute atomic E-state index is 0.0686. The predicted octanol–water partition coefficient (Wildman–Crippen LogP) is -0.665. The van der Waals surface area contributed by atoms with Crippen LogP contribution in [0.25, 0.3) is 0 Å². The Labute approximate surface area is 74.5 Å². The van der Waals surface area contributed by atoms with E-state index in [4.69, 9.17) is 10.5 Å². The lowest BCUT2D eigenvalue weighted by Gasteiger charge is -2.24. The molecule has 0 aromatic carbocycles. The third kappa shape index (κ3) is 1.33. The largest absolute Gasteiger partial charge is 0.375 e. The number of carbonyl (C=O) groups excluding carboxylic acids is 2. The molecule has 0 saturated carbocycles. The molecule has 0 rings (SSSR count). The van der Waals surface area contributed by atoms with Crippen molar-refractivity contribution in [3.8, 4) is 12.1 Å². The quantitative estimate of drug-likeness (QED) is 0.454. The van der Waals surface area contributed by atoms with Gasteiger partial charge in [-0.2, -0.15) is 10.5 Å². The van der Waals surface area contributed by atoms with E-state index in [1.165, 1.54) is 12.1 Å². The van der Waals surface area contributed by atoms with Gasteiger partial charge in [-0.05, 0) is 6.08 Å². The monoisotopic (exact) mass is 178 g/mol. The topological polar surface area (TPSA) is 102 Å². The lowest BCUT2D eigenvalue weighted by Crippen LogP contribution is -2.47. The molecule has 0 saturated heterocycles. The molecule has 66 valence electrons.